The van der Waals surface area contributed by atoms with Gasteiger partial charge in [0.1, 0.15) is 11.5 Å². The maximum atomic E-state index is 5.32. The number of benzene rings is 1. The Morgan fingerprint density at radius 1 is 1.23 bits per heavy atom. The normalized spacial score (nSPS) is 11.1. The maximum absolute atomic E-state index is 5.32. The molecule has 0 saturated carbocycles. The Kier molecular flexibility index (Phi) is 4.71. The predicted octanol–water partition coefficient (Wildman–Crippen LogP) is 4.10. The van der Waals surface area contributed by atoms with E-state index < -0.39 is 0 Å². The van der Waals surface area contributed by atoms with E-state index in [0.717, 1.165) is 22.8 Å². The molecule has 0 atom stereocenters. The molecular weight excluding hydrogens is 298 g/mol. The van der Waals surface area contributed by atoms with Crippen LogP contribution in [0.5, 0.6) is 5.75 Å². The second-order valence-electron chi connectivity index (χ2n) is 6.11. The van der Waals surface area contributed by atoms with E-state index in [4.69, 9.17) is 21.5 Å². The van der Waals surface area contributed by atoms with Gasteiger partial charge in [-0.05, 0) is 36.8 Å². The van der Waals surface area contributed by atoms with Crippen molar-refractivity contribution in [3.63, 3.8) is 0 Å². The molecule has 5 nitrogen and oxygen atoms in total. The van der Waals surface area contributed by atoms with Crippen LogP contribution in [0.15, 0.2) is 28.8 Å². The Labute approximate surface area is 136 Å². The fraction of sp³-hybridized carbons (Fsp3) is 0.375. The van der Waals surface area contributed by atoms with Gasteiger partial charge in [0.2, 0.25) is 0 Å². The Bertz CT molecular complexity index is 674. The lowest BCUT2D eigenvalue weighted by Gasteiger charge is -2.13. The van der Waals surface area contributed by atoms with E-state index >= 15 is 0 Å². The van der Waals surface area contributed by atoms with Crippen molar-refractivity contribution in [1.82, 2.24) is 5.16 Å². The molecule has 6 heteroatoms. The number of anilines is 2. The van der Waals surface area contributed by atoms with Gasteiger partial charge in [0.15, 0.2) is 10.9 Å². The third kappa shape index (κ3) is 3.98. The molecule has 0 amide bonds. The predicted molar refractivity (Wildman–Crippen MR) is 92.8 cm³/mol. The number of ether oxygens (including phenoxy) is 1. The third-order valence-electron chi connectivity index (χ3n) is 3.09. The van der Waals surface area contributed by atoms with E-state index in [-0.39, 0.29) is 5.41 Å². The van der Waals surface area contributed by atoms with E-state index in [9.17, 15) is 0 Å². The molecule has 0 fully saturated rings. The van der Waals surface area contributed by atoms with Crippen LogP contribution in [0.3, 0.4) is 0 Å². The standard InChI is InChI=1S/C16H21N3O2S/c1-10-6-7-12(20-5)11(8-10)17-15(22)18-14-9-13(21-19-14)16(2,3)4/h6-9H,1-5H3,(H2,17,18,19,22). The number of aryl methyl sites for hydroxylation is 1. The molecule has 0 bridgehead atoms. The zero-order valence-corrected chi connectivity index (χ0v) is 14.3. The minimum atomic E-state index is -0.0955. The molecule has 0 saturated heterocycles. The summed E-state index contributed by atoms with van der Waals surface area (Å²) in [6.07, 6.45) is 0. The van der Waals surface area contributed by atoms with Crippen molar-refractivity contribution in [2.75, 3.05) is 17.7 Å². The van der Waals surface area contributed by atoms with Crippen LogP contribution in [0.4, 0.5) is 11.5 Å². The summed E-state index contributed by atoms with van der Waals surface area (Å²) < 4.78 is 10.6. The van der Waals surface area contributed by atoms with Crippen molar-refractivity contribution in [2.45, 2.75) is 33.1 Å². The second-order valence-corrected chi connectivity index (χ2v) is 6.52. The zero-order chi connectivity index (χ0) is 16.3. The first-order valence-corrected chi connectivity index (χ1v) is 7.40. The van der Waals surface area contributed by atoms with Crippen molar-refractivity contribution in [2.24, 2.45) is 0 Å². The lowest BCUT2D eigenvalue weighted by Crippen LogP contribution is -2.19. The van der Waals surface area contributed by atoms with Crippen LogP contribution in [0, 0.1) is 6.92 Å². The highest BCUT2D eigenvalue weighted by atomic mass is 32.1. The highest BCUT2D eigenvalue weighted by Gasteiger charge is 2.20. The summed E-state index contributed by atoms with van der Waals surface area (Å²) in [5.41, 5.74) is 1.82. The first kappa shape index (κ1) is 16.3. The number of nitrogens with zero attached hydrogens (tertiary/aromatic N) is 1. The van der Waals surface area contributed by atoms with Crippen molar-refractivity contribution < 1.29 is 9.26 Å². The van der Waals surface area contributed by atoms with Crippen LogP contribution in [0.1, 0.15) is 32.1 Å². The topological polar surface area (TPSA) is 59.3 Å². The molecule has 2 N–H and O–H groups in total. The fourth-order valence-electron chi connectivity index (χ4n) is 1.88. The zero-order valence-electron chi connectivity index (χ0n) is 13.5. The Balaban J connectivity index is 2.07. The highest BCUT2D eigenvalue weighted by molar-refractivity contribution is 7.80. The molecule has 0 spiro atoms. The Morgan fingerprint density at radius 2 is 1.95 bits per heavy atom. The molecule has 2 aromatic rings. The highest BCUT2D eigenvalue weighted by Crippen LogP contribution is 2.26. The third-order valence-corrected chi connectivity index (χ3v) is 3.30. The summed E-state index contributed by atoms with van der Waals surface area (Å²) in [6.45, 7) is 8.19. The molecule has 0 aliphatic heterocycles. The van der Waals surface area contributed by atoms with Gasteiger partial charge in [0, 0.05) is 11.5 Å². The maximum Gasteiger partial charge on any atom is 0.176 e. The molecule has 2 rings (SSSR count). The summed E-state index contributed by atoms with van der Waals surface area (Å²) in [5, 5.41) is 10.5. The quantitative estimate of drug-likeness (QED) is 0.831. The first-order chi connectivity index (χ1) is 10.3. The first-order valence-electron chi connectivity index (χ1n) is 6.99. The molecule has 1 heterocycles. The van der Waals surface area contributed by atoms with Crippen LogP contribution in [-0.4, -0.2) is 17.4 Å². The van der Waals surface area contributed by atoms with Crippen molar-refractivity contribution in [3.05, 3.63) is 35.6 Å². The molecule has 22 heavy (non-hydrogen) atoms. The van der Waals surface area contributed by atoms with Gasteiger partial charge in [-0.1, -0.05) is 32.0 Å². The summed E-state index contributed by atoms with van der Waals surface area (Å²) in [7, 11) is 1.62. The smallest absolute Gasteiger partial charge is 0.176 e. The van der Waals surface area contributed by atoms with Gasteiger partial charge in [-0.3, -0.25) is 0 Å². The van der Waals surface area contributed by atoms with E-state index in [0.29, 0.717) is 10.9 Å². The van der Waals surface area contributed by atoms with Gasteiger partial charge in [0.25, 0.3) is 0 Å². The summed E-state index contributed by atoms with van der Waals surface area (Å²) >= 11 is 5.31. The average molecular weight is 319 g/mol. The number of hydrogen-bond acceptors (Lipinski definition) is 4. The number of methoxy groups -OCH3 is 1. The molecule has 1 aromatic carbocycles. The summed E-state index contributed by atoms with van der Waals surface area (Å²) in [5.74, 6) is 2.10. The van der Waals surface area contributed by atoms with Crippen molar-refractivity contribution >= 4 is 28.8 Å². The van der Waals surface area contributed by atoms with E-state index in [1.165, 1.54) is 0 Å². The summed E-state index contributed by atoms with van der Waals surface area (Å²) in [4.78, 5) is 0. The number of thiocarbonyl (C=S) groups is 1. The number of hydrogen-bond donors (Lipinski definition) is 2. The lowest BCUT2D eigenvalue weighted by atomic mass is 9.93. The van der Waals surface area contributed by atoms with E-state index in [1.54, 1.807) is 7.11 Å². The second kappa shape index (κ2) is 6.36. The number of aromatic nitrogens is 1. The van der Waals surface area contributed by atoms with Crippen LogP contribution in [0.25, 0.3) is 0 Å². The van der Waals surface area contributed by atoms with Crippen LogP contribution in [0.2, 0.25) is 0 Å². The molecule has 0 unspecified atom stereocenters. The van der Waals surface area contributed by atoms with Crippen molar-refractivity contribution in [1.29, 1.82) is 0 Å². The Morgan fingerprint density at radius 3 is 2.55 bits per heavy atom. The van der Waals surface area contributed by atoms with E-state index in [2.05, 4.69) is 36.6 Å². The molecule has 0 aliphatic carbocycles. The monoisotopic (exact) mass is 319 g/mol. The van der Waals surface area contributed by atoms with Gasteiger partial charge in [-0.2, -0.15) is 0 Å². The largest absolute Gasteiger partial charge is 0.495 e. The van der Waals surface area contributed by atoms with E-state index in [1.807, 2.05) is 31.2 Å². The number of rotatable bonds is 3. The number of nitrogens with one attached hydrogen (secondary N) is 2. The molecular formula is C16H21N3O2S. The minimum absolute atomic E-state index is 0.0955. The Hall–Kier alpha value is -2.08. The van der Waals surface area contributed by atoms with Crippen LogP contribution < -0.4 is 15.4 Å². The molecule has 0 radical (unpaired) electrons. The summed E-state index contributed by atoms with van der Waals surface area (Å²) in [6, 6.07) is 7.69. The molecule has 0 aliphatic rings. The fourth-order valence-corrected chi connectivity index (χ4v) is 2.09. The minimum Gasteiger partial charge on any atom is -0.495 e. The molecule has 1 aromatic heterocycles. The van der Waals surface area contributed by atoms with Crippen molar-refractivity contribution in [3.8, 4) is 5.75 Å². The van der Waals surface area contributed by atoms with Gasteiger partial charge in [0.05, 0.1) is 12.8 Å². The van der Waals surface area contributed by atoms with Gasteiger partial charge < -0.3 is 19.9 Å². The van der Waals surface area contributed by atoms with Gasteiger partial charge >= 0.3 is 0 Å². The van der Waals surface area contributed by atoms with Gasteiger partial charge in [-0.25, -0.2) is 0 Å². The molecule has 118 valence electrons. The lowest BCUT2D eigenvalue weighted by molar-refractivity contribution is 0.331. The SMILES string of the molecule is COc1ccc(C)cc1NC(=S)Nc1cc(C(C)(C)C)on1. The van der Waals surface area contributed by atoms with Crippen LogP contribution in [-0.2, 0) is 5.41 Å². The average Bonchev–Trinajstić information content (AvgIpc) is 2.87. The van der Waals surface area contributed by atoms with Crippen LogP contribution >= 0.6 is 12.2 Å². The van der Waals surface area contributed by atoms with Gasteiger partial charge in [-0.15, -0.1) is 0 Å².